The summed E-state index contributed by atoms with van der Waals surface area (Å²) in [5.41, 5.74) is 0. The largest absolute Gasteiger partial charge is 0.457 e. The molecule has 1 fully saturated rings. The number of rotatable bonds is 2. The van der Waals surface area contributed by atoms with Crippen LogP contribution in [0.3, 0.4) is 0 Å². The first-order valence-electron chi connectivity index (χ1n) is 3.84. The van der Waals surface area contributed by atoms with Crippen LogP contribution in [0.1, 0.15) is 19.3 Å². The lowest BCUT2D eigenvalue weighted by Crippen LogP contribution is -2.37. The number of hydrogen-bond acceptors (Lipinski definition) is 3. The fourth-order valence-corrected chi connectivity index (χ4v) is 1.41. The summed E-state index contributed by atoms with van der Waals surface area (Å²) in [6, 6.07) is 0.391. The molecule has 1 aliphatic heterocycles. The average molecular weight is 269 g/mol. The van der Waals surface area contributed by atoms with Gasteiger partial charge >= 0.3 is 3.98 Å². The number of ether oxygens (including phenoxy) is 1. The minimum absolute atomic E-state index is 0.213. The van der Waals surface area contributed by atoms with Gasteiger partial charge in [0.1, 0.15) is 6.61 Å². The predicted octanol–water partition coefficient (Wildman–Crippen LogP) is 1.70. The van der Waals surface area contributed by atoms with E-state index >= 15 is 0 Å². The first-order chi connectivity index (χ1) is 5.29. The number of carbonyl (C=O) groups is 1. The second-order valence-corrected chi connectivity index (χ2v) is 3.58. The zero-order valence-electron chi connectivity index (χ0n) is 6.31. The highest BCUT2D eigenvalue weighted by Crippen LogP contribution is 2.07. The summed E-state index contributed by atoms with van der Waals surface area (Å²) in [5, 5.41) is 3.29. The van der Waals surface area contributed by atoms with E-state index in [2.05, 4.69) is 5.32 Å². The second kappa shape index (κ2) is 4.92. The van der Waals surface area contributed by atoms with Crippen molar-refractivity contribution in [2.24, 2.45) is 0 Å². The molecule has 1 N–H and O–H groups in total. The number of piperidine rings is 1. The molecular weight excluding hydrogens is 257 g/mol. The van der Waals surface area contributed by atoms with Crippen molar-refractivity contribution in [1.82, 2.24) is 5.32 Å². The quantitative estimate of drug-likeness (QED) is 0.612. The van der Waals surface area contributed by atoms with Gasteiger partial charge in [-0.1, -0.05) is 6.42 Å². The normalized spacial score (nSPS) is 24.6. The Hall–Kier alpha value is 0.160. The molecule has 1 heterocycles. The first kappa shape index (κ1) is 9.25. The van der Waals surface area contributed by atoms with Crippen LogP contribution in [-0.2, 0) is 4.74 Å². The molecule has 1 saturated heterocycles. The van der Waals surface area contributed by atoms with Crippen molar-refractivity contribution in [3.05, 3.63) is 0 Å². The van der Waals surface area contributed by atoms with Crippen molar-refractivity contribution >= 4 is 26.6 Å². The summed E-state index contributed by atoms with van der Waals surface area (Å²) < 4.78 is 4.65. The molecule has 1 aliphatic rings. The van der Waals surface area contributed by atoms with Gasteiger partial charge in [-0.2, -0.15) is 0 Å². The maximum absolute atomic E-state index is 10.4. The standard InChI is InChI=1S/C7H12INO2/c8-7(10)11-5-6-3-1-2-4-9-6/h6,9H,1-5H2. The Kier molecular flexibility index (Phi) is 4.14. The van der Waals surface area contributed by atoms with Crippen molar-refractivity contribution in [3.8, 4) is 0 Å². The summed E-state index contributed by atoms with van der Waals surface area (Å²) in [6.07, 6.45) is 3.62. The Bertz CT molecular complexity index is 134. The van der Waals surface area contributed by atoms with Crippen molar-refractivity contribution < 1.29 is 9.53 Å². The molecule has 1 unspecified atom stereocenters. The molecule has 4 heteroatoms. The summed E-state index contributed by atoms with van der Waals surface area (Å²) in [6.45, 7) is 1.59. The molecule has 0 aromatic heterocycles. The number of hydrogen-bond donors (Lipinski definition) is 1. The van der Waals surface area contributed by atoms with Gasteiger partial charge in [0.2, 0.25) is 0 Å². The van der Waals surface area contributed by atoms with E-state index in [0.29, 0.717) is 12.6 Å². The van der Waals surface area contributed by atoms with Crippen molar-refractivity contribution in [2.45, 2.75) is 25.3 Å². The highest BCUT2D eigenvalue weighted by molar-refractivity contribution is 14.1. The molecule has 0 radical (unpaired) electrons. The summed E-state index contributed by atoms with van der Waals surface area (Å²) in [7, 11) is 0. The van der Waals surface area contributed by atoms with E-state index < -0.39 is 0 Å². The summed E-state index contributed by atoms with van der Waals surface area (Å²) in [5.74, 6) is 0. The van der Waals surface area contributed by atoms with E-state index in [1.165, 1.54) is 12.8 Å². The molecule has 0 aliphatic carbocycles. The molecule has 11 heavy (non-hydrogen) atoms. The molecule has 0 bridgehead atoms. The minimum Gasteiger partial charge on any atom is -0.457 e. The van der Waals surface area contributed by atoms with Crippen LogP contribution >= 0.6 is 22.6 Å². The lowest BCUT2D eigenvalue weighted by molar-refractivity contribution is 0.157. The van der Waals surface area contributed by atoms with Gasteiger partial charge in [-0.25, -0.2) is 4.79 Å². The number of nitrogens with one attached hydrogen (secondary N) is 1. The van der Waals surface area contributed by atoms with E-state index in [4.69, 9.17) is 4.74 Å². The number of carbonyl (C=O) groups excluding carboxylic acids is 1. The summed E-state index contributed by atoms with van der Waals surface area (Å²) >= 11 is 1.65. The van der Waals surface area contributed by atoms with Crippen LogP contribution in [-0.4, -0.2) is 23.2 Å². The molecule has 0 spiro atoms. The van der Waals surface area contributed by atoms with Crippen LogP contribution in [0.15, 0.2) is 0 Å². The van der Waals surface area contributed by atoms with Gasteiger partial charge in [0, 0.05) is 6.04 Å². The van der Waals surface area contributed by atoms with Gasteiger partial charge in [0.05, 0.1) is 22.6 Å². The lowest BCUT2D eigenvalue weighted by Gasteiger charge is -2.22. The zero-order valence-corrected chi connectivity index (χ0v) is 8.46. The van der Waals surface area contributed by atoms with Crippen LogP contribution in [0.5, 0.6) is 0 Å². The molecule has 0 aromatic rings. The third-order valence-corrected chi connectivity index (χ3v) is 2.12. The Labute approximate surface area is 80.0 Å². The topological polar surface area (TPSA) is 38.3 Å². The van der Waals surface area contributed by atoms with E-state index in [1.54, 1.807) is 22.6 Å². The van der Waals surface area contributed by atoms with Gasteiger partial charge in [-0.3, -0.25) is 0 Å². The smallest absolute Gasteiger partial charge is 0.367 e. The van der Waals surface area contributed by atoms with Gasteiger partial charge in [0.15, 0.2) is 0 Å². The highest BCUT2D eigenvalue weighted by atomic mass is 127. The predicted molar refractivity (Wildman–Crippen MR) is 51.0 cm³/mol. The summed E-state index contributed by atoms with van der Waals surface area (Å²) in [4.78, 5) is 10.4. The molecule has 1 atom stereocenters. The third kappa shape index (κ3) is 3.91. The third-order valence-electron chi connectivity index (χ3n) is 1.81. The fourth-order valence-electron chi connectivity index (χ4n) is 1.23. The van der Waals surface area contributed by atoms with Crippen LogP contribution < -0.4 is 5.32 Å². The van der Waals surface area contributed by atoms with E-state index in [9.17, 15) is 4.79 Å². The Morgan fingerprint density at radius 3 is 3.00 bits per heavy atom. The molecular formula is C7H12INO2. The zero-order chi connectivity index (χ0) is 8.10. The average Bonchev–Trinajstić information content (AvgIpc) is 2.03. The van der Waals surface area contributed by atoms with Gasteiger partial charge < -0.3 is 10.1 Å². The van der Waals surface area contributed by atoms with Gasteiger partial charge in [-0.05, 0) is 19.4 Å². The molecule has 1 rings (SSSR count). The monoisotopic (exact) mass is 269 g/mol. The molecule has 0 aromatic carbocycles. The van der Waals surface area contributed by atoms with Crippen molar-refractivity contribution in [2.75, 3.05) is 13.2 Å². The van der Waals surface area contributed by atoms with Crippen molar-refractivity contribution in [3.63, 3.8) is 0 Å². The van der Waals surface area contributed by atoms with E-state index in [-0.39, 0.29) is 3.98 Å². The molecule has 3 nitrogen and oxygen atoms in total. The first-order valence-corrected chi connectivity index (χ1v) is 4.92. The maximum atomic E-state index is 10.4. The molecule has 0 saturated carbocycles. The van der Waals surface area contributed by atoms with Crippen LogP contribution in [0.25, 0.3) is 0 Å². The van der Waals surface area contributed by atoms with Crippen LogP contribution in [0, 0.1) is 0 Å². The lowest BCUT2D eigenvalue weighted by atomic mass is 10.1. The Balaban J connectivity index is 2.09. The molecule has 64 valence electrons. The van der Waals surface area contributed by atoms with Crippen LogP contribution in [0.2, 0.25) is 0 Å². The Morgan fingerprint density at radius 1 is 1.64 bits per heavy atom. The molecule has 0 amide bonds. The SMILES string of the molecule is O=C(I)OCC1CCCCN1. The maximum Gasteiger partial charge on any atom is 0.367 e. The van der Waals surface area contributed by atoms with E-state index in [0.717, 1.165) is 13.0 Å². The van der Waals surface area contributed by atoms with Gasteiger partial charge in [-0.15, -0.1) is 0 Å². The highest BCUT2D eigenvalue weighted by Gasteiger charge is 2.13. The number of halogens is 1. The fraction of sp³-hybridized carbons (Fsp3) is 0.857. The van der Waals surface area contributed by atoms with Crippen LogP contribution in [0.4, 0.5) is 4.79 Å². The van der Waals surface area contributed by atoms with Crippen molar-refractivity contribution in [1.29, 1.82) is 0 Å². The van der Waals surface area contributed by atoms with Gasteiger partial charge in [0.25, 0.3) is 0 Å². The Morgan fingerprint density at radius 2 is 2.45 bits per heavy atom. The second-order valence-electron chi connectivity index (χ2n) is 2.70. The van der Waals surface area contributed by atoms with E-state index in [1.807, 2.05) is 0 Å². The minimum atomic E-state index is -0.213.